The summed E-state index contributed by atoms with van der Waals surface area (Å²) in [7, 11) is 0. The average Bonchev–Trinajstić information content (AvgIpc) is 3.06. The third-order valence-electron chi connectivity index (χ3n) is 3.57. The van der Waals surface area contributed by atoms with Gasteiger partial charge in [-0.2, -0.15) is 0 Å². The molecule has 1 fully saturated rings. The van der Waals surface area contributed by atoms with Crippen LogP contribution in [-0.2, 0) is 4.79 Å². The van der Waals surface area contributed by atoms with Crippen molar-refractivity contribution in [2.24, 2.45) is 0 Å². The van der Waals surface area contributed by atoms with Gasteiger partial charge in [-0.1, -0.05) is 0 Å². The molecule has 0 saturated carbocycles. The number of benzene rings is 1. The van der Waals surface area contributed by atoms with Crippen LogP contribution < -0.4 is 10.6 Å². The molecule has 2 aromatic rings. The highest BCUT2D eigenvalue weighted by molar-refractivity contribution is 7.16. The molecule has 2 atom stereocenters. The number of hydrogen-bond donors (Lipinski definition) is 3. The van der Waals surface area contributed by atoms with E-state index in [4.69, 9.17) is 0 Å². The van der Waals surface area contributed by atoms with E-state index in [0.717, 1.165) is 16.1 Å². The van der Waals surface area contributed by atoms with Crippen LogP contribution in [0.15, 0.2) is 24.3 Å². The van der Waals surface area contributed by atoms with Gasteiger partial charge in [0.2, 0.25) is 5.91 Å². The van der Waals surface area contributed by atoms with Gasteiger partial charge in [-0.15, -0.1) is 11.3 Å². The minimum absolute atomic E-state index is 0.198. The summed E-state index contributed by atoms with van der Waals surface area (Å²) in [6.07, 6.45) is -0.0790. The normalized spacial score (nSPS) is 21.0. The molecule has 22 heavy (non-hydrogen) atoms. The molecule has 1 aliphatic heterocycles. The number of halogens is 1. The first-order valence-electron chi connectivity index (χ1n) is 6.98. The zero-order chi connectivity index (χ0) is 15.7. The molecular weight excluding hydrogens is 305 g/mol. The van der Waals surface area contributed by atoms with Crippen molar-refractivity contribution < 1.29 is 14.3 Å². The van der Waals surface area contributed by atoms with Crippen LogP contribution in [0.1, 0.15) is 11.3 Å². The number of carbonyl (C=O) groups is 1. The second-order valence-corrected chi connectivity index (χ2v) is 6.47. The number of carbonyl (C=O) groups excluding carboxylic acids is 1. The number of aromatic nitrogens is 1. The lowest BCUT2D eigenvalue weighted by molar-refractivity contribution is -0.117. The largest absolute Gasteiger partial charge is 0.392 e. The molecule has 2 heterocycles. The topological polar surface area (TPSA) is 74.2 Å². The fourth-order valence-electron chi connectivity index (χ4n) is 2.43. The summed E-state index contributed by atoms with van der Waals surface area (Å²) in [4.78, 5) is 17.5. The van der Waals surface area contributed by atoms with Gasteiger partial charge in [0.15, 0.2) is 5.13 Å². The Morgan fingerprint density at radius 3 is 2.82 bits per heavy atom. The standard InChI is InChI=1S/C15H16FN3O2S/c1-8-13(9-2-4-10(16)5-3-9)18-15(22-8)19-14(21)12-6-11(20)7-17-12/h2-5,11-12,17,20H,6-7H2,1H3,(H,18,19,21)/t11-,12+/m0/s1. The Morgan fingerprint density at radius 2 is 2.18 bits per heavy atom. The average molecular weight is 321 g/mol. The first-order valence-corrected chi connectivity index (χ1v) is 7.80. The Kier molecular flexibility index (Phi) is 4.19. The Hall–Kier alpha value is -1.83. The number of aliphatic hydroxyl groups excluding tert-OH is 1. The van der Waals surface area contributed by atoms with Gasteiger partial charge in [-0.05, 0) is 37.6 Å². The van der Waals surface area contributed by atoms with Crippen molar-refractivity contribution in [1.82, 2.24) is 10.3 Å². The van der Waals surface area contributed by atoms with Gasteiger partial charge in [0.25, 0.3) is 0 Å². The van der Waals surface area contributed by atoms with E-state index in [1.807, 2.05) is 6.92 Å². The predicted octanol–water partition coefficient (Wildman–Crippen LogP) is 1.92. The van der Waals surface area contributed by atoms with Crippen LogP contribution in [0.3, 0.4) is 0 Å². The molecule has 0 aliphatic carbocycles. The summed E-state index contributed by atoms with van der Waals surface area (Å²) in [6, 6.07) is 5.70. The molecule has 7 heteroatoms. The second-order valence-electron chi connectivity index (χ2n) is 5.27. The van der Waals surface area contributed by atoms with Crippen molar-refractivity contribution >= 4 is 22.4 Å². The van der Waals surface area contributed by atoms with Crippen molar-refractivity contribution in [3.63, 3.8) is 0 Å². The van der Waals surface area contributed by atoms with E-state index in [0.29, 0.717) is 18.1 Å². The Morgan fingerprint density at radius 1 is 1.45 bits per heavy atom. The van der Waals surface area contributed by atoms with Gasteiger partial charge in [0.05, 0.1) is 17.8 Å². The second kappa shape index (κ2) is 6.12. The van der Waals surface area contributed by atoms with Crippen molar-refractivity contribution in [3.8, 4) is 11.3 Å². The number of anilines is 1. The first kappa shape index (κ1) is 15.1. The van der Waals surface area contributed by atoms with Crippen LogP contribution in [-0.4, -0.2) is 34.7 Å². The van der Waals surface area contributed by atoms with Crippen molar-refractivity contribution in [3.05, 3.63) is 35.0 Å². The highest BCUT2D eigenvalue weighted by atomic mass is 32.1. The quantitative estimate of drug-likeness (QED) is 0.807. The highest BCUT2D eigenvalue weighted by Crippen LogP contribution is 2.30. The van der Waals surface area contributed by atoms with Gasteiger partial charge in [0, 0.05) is 17.0 Å². The Labute approximate surface area is 131 Å². The molecule has 1 aromatic carbocycles. The smallest absolute Gasteiger partial charge is 0.243 e. The summed E-state index contributed by atoms with van der Waals surface area (Å²) in [5, 5.41) is 15.7. The molecule has 0 radical (unpaired) electrons. The zero-order valence-electron chi connectivity index (χ0n) is 12.0. The van der Waals surface area contributed by atoms with E-state index in [-0.39, 0.29) is 11.7 Å². The number of aliphatic hydroxyl groups is 1. The number of aryl methyl sites for hydroxylation is 1. The minimum Gasteiger partial charge on any atom is -0.392 e. The van der Waals surface area contributed by atoms with Crippen molar-refractivity contribution in [2.45, 2.75) is 25.5 Å². The molecule has 116 valence electrons. The third kappa shape index (κ3) is 3.16. The van der Waals surface area contributed by atoms with Crippen LogP contribution in [0.5, 0.6) is 0 Å². The van der Waals surface area contributed by atoms with Crippen molar-refractivity contribution in [1.29, 1.82) is 0 Å². The summed E-state index contributed by atoms with van der Waals surface area (Å²) >= 11 is 1.37. The monoisotopic (exact) mass is 321 g/mol. The number of β-amino-alcohol motifs (C(OH)–C–C–N with tert-alkyl or cyclic N) is 1. The Balaban J connectivity index is 1.75. The Bertz CT molecular complexity index is 687. The van der Waals surface area contributed by atoms with E-state index in [1.165, 1.54) is 23.5 Å². The maximum absolute atomic E-state index is 13.0. The third-order valence-corrected chi connectivity index (χ3v) is 4.45. The molecule has 1 aliphatic rings. The van der Waals surface area contributed by atoms with Gasteiger partial charge >= 0.3 is 0 Å². The van der Waals surface area contributed by atoms with Gasteiger partial charge in [-0.25, -0.2) is 9.37 Å². The van der Waals surface area contributed by atoms with Crippen LogP contribution in [0, 0.1) is 12.7 Å². The minimum atomic E-state index is -0.483. The molecule has 3 rings (SSSR count). The number of hydrogen-bond acceptors (Lipinski definition) is 5. The van der Waals surface area contributed by atoms with Crippen LogP contribution in [0.4, 0.5) is 9.52 Å². The van der Waals surface area contributed by atoms with Crippen molar-refractivity contribution in [2.75, 3.05) is 11.9 Å². The predicted molar refractivity (Wildman–Crippen MR) is 83.3 cm³/mol. The number of rotatable bonds is 3. The summed E-state index contributed by atoms with van der Waals surface area (Å²) in [5.74, 6) is -0.494. The first-order chi connectivity index (χ1) is 10.5. The lowest BCUT2D eigenvalue weighted by atomic mass is 10.1. The van der Waals surface area contributed by atoms with E-state index < -0.39 is 12.1 Å². The van der Waals surface area contributed by atoms with Gasteiger partial charge < -0.3 is 15.7 Å². The maximum atomic E-state index is 13.0. The molecule has 5 nitrogen and oxygen atoms in total. The fraction of sp³-hybridized carbons (Fsp3) is 0.333. The summed E-state index contributed by atoms with van der Waals surface area (Å²) < 4.78 is 13.0. The fourth-order valence-corrected chi connectivity index (χ4v) is 3.27. The number of nitrogens with zero attached hydrogens (tertiary/aromatic N) is 1. The highest BCUT2D eigenvalue weighted by Gasteiger charge is 2.28. The van der Waals surface area contributed by atoms with E-state index >= 15 is 0 Å². The molecule has 1 saturated heterocycles. The molecule has 0 bridgehead atoms. The van der Waals surface area contributed by atoms with E-state index in [1.54, 1.807) is 12.1 Å². The van der Waals surface area contributed by atoms with E-state index in [2.05, 4.69) is 15.6 Å². The van der Waals surface area contributed by atoms with Gasteiger partial charge in [-0.3, -0.25) is 4.79 Å². The number of nitrogens with one attached hydrogen (secondary N) is 2. The lowest BCUT2D eigenvalue weighted by Crippen LogP contribution is -2.35. The number of thiazole rings is 1. The maximum Gasteiger partial charge on any atom is 0.243 e. The molecule has 0 spiro atoms. The van der Waals surface area contributed by atoms with Crippen LogP contribution in [0.25, 0.3) is 11.3 Å². The number of amides is 1. The SMILES string of the molecule is Cc1sc(NC(=O)[C@H]2C[C@H](O)CN2)nc1-c1ccc(F)cc1. The van der Waals surface area contributed by atoms with E-state index in [9.17, 15) is 14.3 Å². The summed E-state index contributed by atoms with van der Waals surface area (Å²) in [6.45, 7) is 2.33. The van der Waals surface area contributed by atoms with Gasteiger partial charge in [0.1, 0.15) is 5.82 Å². The molecule has 1 aromatic heterocycles. The molecular formula is C15H16FN3O2S. The lowest BCUT2D eigenvalue weighted by Gasteiger charge is -2.08. The molecule has 1 amide bonds. The zero-order valence-corrected chi connectivity index (χ0v) is 12.8. The van der Waals surface area contributed by atoms with Crippen LogP contribution >= 0.6 is 11.3 Å². The molecule has 3 N–H and O–H groups in total. The molecule has 0 unspecified atom stereocenters. The van der Waals surface area contributed by atoms with Crippen LogP contribution in [0.2, 0.25) is 0 Å². The summed E-state index contributed by atoms with van der Waals surface area (Å²) in [5.41, 5.74) is 1.55.